The van der Waals surface area contributed by atoms with Gasteiger partial charge in [-0.25, -0.2) is 0 Å². The smallest absolute Gasteiger partial charge is 0.0612 e. The molecule has 0 unspecified atom stereocenters. The normalized spacial score (nSPS) is 42.1. The summed E-state index contributed by atoms with van der Waals surface area (Å²) < 4.78 is 6.36. The lowest BCUT2D eigenvalue weighted by atomic mass is 9.55. The largest absolute Gasteiger partial charge is 0.377 e. The standard InChI is InChI=1S/C18H32O/c1-6-8-9-10-16-17-13(3)11-14(4)18(7-2,12-19-16)15(17)5/h11,13,15-17H,6-10,12H2,1-5H3/t13-,15-,16-,17+,18+/m1/s1. The van der Waals surface area contributed by atoms with E-state index in [-0.39, 0.29) is 0 Å². The summed E-state index contributed by atoms with van der Waals surface area (Å²) in [5.41, 5.74) is 1.91. The summed E-state index contributed by atoms with van der Waals surface area (Å²) >= 11 is 0. The monoisotopic (exact) mass is 264 g/mol. The highest BCUT2D eigenvalue weighted by Gasteiger charge is 2.51. The van der Waals surface area contributed by atoms with Gasteiger partial charge < -0.3 is 4.74 Å². The zero-order valence-electron chi connectivity index (χ0n) is 13.5. The molecule has 110 valence electrons. The predicted octanol–water partition coefficient (Wildman–Crippen LogP) is 5.21. The topological polar surface area (TPSA) is 9.23 Å². The molecule has 1 heterocycles. The fraction of sp³-hybridized carbons (Fsp3) is 0.889. The molecular formula is C18H32O. The minimum absolute atomic E-state index is 0.332. The number of allylic oxidation sites excluding steroid dienone is 1. The van der Waals surface area contributed by atoms with Gasteiger partial charge in [0.05, 0.1) is 12.7 Å². The Kier molecular flexibility index (Phi) is 4.76. The van der Waals surface area contributed by atoms with Crippen LogP contribution in [0, 0.1) is 23.2 Å². The third kappa shape index (κ3) is 2.51. The van der Waals surface area contributed by atoms with E-state index in [2.05, 4.69) is 40.7 Å². The van der Waals surface area contributed by atoms with Crippen molar-refractivity contribution in [1.82, 2.24) is 0 Å². The highest BCUT2D eigenvalue weighted by atomic mass is 16.5. The second-order valence-electron chi connectivity index (χ2n) is 6.93. The zero-order chi connectivity index (χ0) is 14.0. The molecule has 0 N–H and O–H groups in total. The van der Waals surface area contributed by atoms with Crippen molar-refractivity contribution in [3.8, 4) is 0 Å². The molecule has 1 nitrogen and oxygen atoms in total. The molecule has 2 rings (SSSR count). The van der Waals surface area contributed by atoms with Gasteiger partial charge in [0.1, 0.15) is 0 Å². The van der Waals surface area contributed by atoms with Gasteiger partial charge in [-0.2, -0.15) is 0 Å². The molecule has 5 atom stereocenters. The highest BCUT2D eigenvalue weighted by molar-refractivity contribution is 5.22. The second kappa shape index (κ2) is 5.99. The van der Waals surface area contributed by atoms with Gasteiger partial charge in [0.2, 0.25) is 0 Å². The van der Waals surface area contributed by atoms with E-state index < -0.39 is 0 Å². The Labute approximate surface area is 119 Å². The molecule has 1 aliphatic carbocycles. The first-order valence-electron chi connectivity index (χ1n) is 8.37. The molecule has 1 aliphatic heterocycles. The van der Waals surface area contributed by atoms with Crippen molar-refractivity contribution < 1.29 is 4.74 Å². The Morgan fingerprint density at radius 2 is 2.00 bits per heavy atom. The van der Waals surface area contributed by atoms with Crippen LogP contribution in [-0.4, -0.2) is 12.7 Å². The number of unbranched alkanes of at least 4 members (excludes halogenated alkanes) is 2. The van der Waals surface area contributed by atoms with Crippen LogP contribution in [0.1, 0.15) is 66.7 Å². The number of hydrogen-bond acceptors (Lipinski definition) is 1. The number of rotatable bonds is 5. The molecule has 0 saturated carbocycles. The molecular weight excluding hydrogens is 232 g/mol. The van der Waals surface area contributed by atoms with E-state index in [1.807, 2.05) is 0 Å². The fourth-order valence-electron chi connectivity index (χ4n) is 4.70. The average molecular weight is 264 g/mol. The first-order valence-corrected chi connectivity index (χ1v) is 8.37. The predicted molar refractivity (Wildman–Crippen MR) is 82.2 cm³/mol. The van der Waals surface area contributed by atoms with E-state index in [1.165, 1.54) is 32.1 Å². The van der Waals surface area contributed by atoms with Crippen LogP contribution >= 0.6 is 0 Å². The molecule has 0 aromatic heterocycles. The van der Waals surface area contributed by atoms with Crippen LogP contribution in [0.4, 0.5) is 0 Å². The highest BCUT2D eigenvalue weighted by Crippen LogP contribution is 2.54. The Balaban J connectivity index is 2.16. The van der Waals surface area contributed by atoms with Crippen LogP contribution in [0.5, 0.6) is 0 Å². The lowest BCUT2D eigenvalue weighted by molar-refractivity contribution is -0.142. The van der Waals surface area contributed by atoms with Crippen molar-refractivity contribution in [2.75, 3.05) is 6.61 Å². The van der Waals surface area contributed by atoms with E-state index in [4.69, 9.17) is 4.74 Å². The number of fused-ring (bicyclic) bond motifs is 2. The van der Waals surface area contributed by atoms with Gasteiger partial charge in [-0.3, -0.25) is 0 Å². The summed E-state index contributed by atoms with van der Waals surface area (Å²) in [5, 5.41) is 0. The van der Waals surface area contributed by atoms with Crippen molar-refractivity contribution in [1.29, 1.82) is 0 Å². The minimum Gasteiger partial charge on any atom is -0.377 e. The van der Waals surface area contributed by atoms with Crippen LogP contribution in [0.2, 0.25) is 0 Å². The summed E-state index contributed by atoms with van der Waals surface area (Å²) in [7, 11) is 0. The van der Waals surface area contributed by atoms with Crippen LogP contribution in [0.15, 0.2) is 11.6 Å². The van der Waals surface area contributed by atoms with Crippen LogP contribution < -0.4 is 0 Å². The molecule has 1 saturated heterocycles. The van der Waals surface area contributed by atoms with E-state index >= 15 is 0 Å². The average Bonchev–Trinajstić information content (AvgIpc) is 2.38. The molecule has 0 spiro atoms. The first-order chi connectivity index (χ1) is 9.06. The summed E-state index contributed by atoms with van der Waals surface area (Å²) in [4.78, 5) is 0. The first kappa shape index (κ1) is 15.1. The van der Waals surface area contributed by atoms with Crippen LogP contribution in [-0.2, 0) is 4.74 Å². The molecule has 1 heteroatoms. The van der Waals surface area contributed by atoms with Gasteiger partial charge in [0.25, 0.3) is 0 Å². The molecule has 0 aromatic rings. The second-order valence-corrected chi connectivity index (χ2v) is 6.93. The lowest BCUT2D eigenvalue weighted by Gasteiger charge is -2.55. The van der Waals surface area contributed by atoms with E-state index in [9.17, 15) is 0 Å². The third-order valence-electron chi connectivity index (χ3n) is 6.06. The Morgan fingerprint density at radius 3 is 2.63 bits per heavy atom. The maximum atomic E-state index is 6.36. The molecule has 2 bridgehead atoms. The Bertz CT molecular complexity index is 333. The molecule has 2 aliphatic rings. The Hall–Kier alpha value is -0.300. The van der Waals surface area contributed by atoms with Crippen molar-refractivity contribution in [2.24, 2.45) is 23.2 Å². The fourth-order valence-corrected chi connectivity index (χ4v) is 4.70. The van der Waals surface area contributed by atoms with Crippen LogP contribution in [0.3, 0.4) is 0 Å². The van der Waals surface area contributed by atoms with Gasteiger partial charge in [-0.15, -0.1) is 0 Å². The molecule has 0 aromatic carbocycles. The van der Waals surface area contributed by atoms with Crippen molar-refractivity contribution in [3.63, 3.8) is 0 Å². The molecule has 0 amide bonds. The molecule has 19 heavy (non-hydrogen) atoms. The van der Waals surface area contributed by atoms with Gasteiger partial charge in [-0.1, -0.05) is 58.6 Å². The van der Waals surface area contributed by atoms with E-state index in [1.54, 1.807) is 5.57 Å². The quantitative estimate of drug-likeness (QED) is 0.489. The summed E-state index contributed by atoms with van der Waals surface area (Å²) in [6.07, 6.45) is 9.52. The number of ether oxygens (including phenoxy) is 1. The van der Waals surface area contributed by atoms with E-state index in [0.717, 1.165) is 18.4 Å². The third-order valence-corrected chi connectivity index (χ3v) is 6.06. The Morgan fingerprint density at radius 1 is 1.26 bits per heavy atom. The van der Waals surface area contributed by atoms with Crippen molar-refractivity contribution >= 4 is 0 Å². The van der Waals surface area contributed by atoms with Gasteiger partial charge >= 0.3 is 0 Å². The van der Waals surface area contributed by atoms with Crippen LogP contribution in [0.25, 0.3) is 0 Å². The maximum absolute atomic E-state index is 6.36. The lowest BCUT2D eigenvalue weighted by Crippen LogP contribution is -2.53. The molecule has 0 radical (unpaired) electrons. The van der Waals surface area contributed by atoms with E-state index in [0.29, 0.717) is 17.4 Å². The zero-order valence-corrected chi connectivity index (χ0v) is 13.5. The summed E-state index contributed by atoms with van der Waals surface area (Å²) in [6.45, 7) is 12.8. The van der Waals surface area contributed by atoms with Gasteiger partial charge in [-0.05, 0) is 37.5 Å². The summed E-state index contributed by atoms with van der Waals surface area (Å²) in [5.74, 6) is 2.19. The molecule has 1 fully saturated rings. The van der Waals surface area contributed by atoms with Crippen molar-refractivity contribution in [2.45, 2.75) is 72.8 Å². The summed E-state index contributed by atoms with van der Waals surface area (Å²) in [6, 6.07) is 0. The van der Waals surface area contributed by atoms with Crippen molar-refractivity contribution in [3.05, 3.63) is 11.6 Å². The van der Waals surface area contributed by atoms with Gasteiger partial charge in [0, 0.05) is 5.41 Å². The number of hydrogen-bond donors (Lipinski definition) is 0. The minimum atomic E-state index is 0.332. The van der Waals surface area contributed by atoms with Gasteiger partial charge in [0.15, 0.2) is 0 Å². The SMILES string of the molecule is CCCCC[C@H]1OC[C@@]2(CC)C(C)=C[C@@H](C)[C@H]1[C@H]2C. The maximum Gasteiger partial charge on any atom is 0.0612 e.